The molecule has 0 atom stereocenters. The zero-order valence-corrected chi connectivity index (χ0v) is 12.4. The van der Waals surface area contributed by atoms with Gasteiger partial charge in [0.25, 0.3) is 0 Å². The molecule has 0 unspecified atom stereocenters. The van der Waals surface area contributed by atoms with Crippen molar-refractivity contribution in [2.75, 3.05) is 24.5 Å². The van der Waals surface area contributed by atoms with Gasteiger partial charge in [-0.15, -0.1) is 0 Å². The molecule has 5 nitrogen and oxygen atoms in total. The Morgan fingerprint density at radius 2 is 1.89 bits per heavy atom. The minimum absolute atomic E-state index is 0.174. The molecule has 0 bridgehead atoms. The molecule has 0 aliphatic carbocycles. The van der Waals surface area contributed by atoms with Gasteiger partial charge in [-0.2, -0.15) is 0 Å². The van der Waals surface area contributed by atoms with Gasteiger partial charge in [0.15, 0.2) is 0 Å². The first-order chi connectivity index (χ1) is 8.86. The number of primary sulfonamides is 1. The summed E-state index contributed by atoms with van der Waals surface area (Å²) in [5.74, 6) is 0.423. The highest BCUT2D eigenvalue weighted by molar-refractivity contribution is 7.89. The van der Waals surface area contributed by atoms with E-state index in [1.54, 1.807) is 18.2 Å². The lowest BCUT2D eigenvalue weighted by atomic mass is 10.1. The van der Waals surface area contributed by atoms with Crippen molar-refractivity contribution >= 4 is 15.7 Å². The van der Waals surface area contributed by atoms with E-state index in [0.29, 0.717) is 18.2 Å². The molecule has 0 radical (unpaired) electrons. The number of hydrogen-bond acceptors (Lipinski definition) is 4. The molecule has 0 spiro atoms. The quantitative estimate of drug-likeness (QED) is 0.786. The van der Waals surface area contributed by atoms with Crippen molar-refractivity contribution in [3.8, 4) is 0 Å². The van der Waals surface area contributed by atoms with E-state index in [4.69, 9.17) is 10.9 Å². The molecule has 0 fully saturated rings. The Morgan fingerprint density at radius 1 is 1.26 bits per heavy atom. The predicted molar refractivity (Wildman–Crippen MR) is 78.5 cm³/mol. The molecule has 6 heteroatoms. The Labute approximate surface area is 115 Å². The monoisotopic (exact) mass is 285 g/mol. The third-order valence-electron chi connectivity index (χ3n) is 2.73. The van der Waals surface area contributed by atoms with E-state index in [-0.39, 0.29) is 4.90 Å². The summed E-state index contributed by atoms with van der Waals surface area (Å²) in [5.41, 5.74) is 6.20. The smallest absolute Gasteiger partial charge is 0.240 e. The van der Waals surface area contributed by atoms with Crippen LogP contribution in [0.3, 0.4) is 0 Å². The lowest BCUT2D eigenvalue weighted by Gasteiger charge is -2.28. The van der Waals surface area contributed by atoms with E-state index in [9.17, 15) is 8.42 Å². The van der Waals surface area contributed by atoms with Crippen LogP contribution in [-0.4, -0.2) is 28.1 Å². The molecule has 0 saturated heterocycles. The first-order valence-electron chi connectivity index (χ1n) is 6.43. The van der Waals surface area contributed by atoms with Gasteiger partial charge in [0.05, 0.1) is 5.69 Å². The fraction of sp³-hybridized carbons (Fsp3) is 0.538. The Balaban J connectivity index is 3.14. The molecule has 0 saturated carbocycles. The molecule has 0 aliphatic heterocycles. The zero-order chi connectivity index (χ0) is 14.5. The molecule has 0 amide bonds. The fourth-order valence-electron chi connectivity index (χ4n) is 1.99. The van der Waals surface area contributed by atoms with Gasteiger partial charge in [-0.25, -0.2) is 13.6 Å². The summed E-state index contributed by atoms with van der Waals surface area (Å²) in [6, 6.07) is 6.83. The molecular weight excluding hydrogens is 262 g/mol. The van der Waals surface area contributed by atoms with Crippen LogP contribution in [0.2, 0.25) is 0 Å². The lowest BCUT2D eigenvalue weighted by Crippen LogP contribution is -2.31. The summed E-state index contributed by atoms with van der Waals surface area (Å²) in [4.78, 5) is 2.21. The highest BCUT2D eigenvalue weighted by Crippen LogP contribution is 2.24. The first-order valence-corrected chi connectivity index (χ1v) is 7.97. The summed E-state index contributed by atoms with van der Waals surface area (Å²) in [7, 11) is -3.71. The average Bonchev–Trinajstić information content (AvgIpc) is 2.33. The van der Waals surface area contributed by atoms with Gasteiger partial charge < -0.3 is 10.6 Å². The topological polar surface area (TPSA) is 89.4 Å². The van der Waals surface area contributed by atoms with Gasteiger partial charge in [0.2, 0.25) is 10.0 Å². The van der Waals surface area contributed by atoms with Crippen molar-refractivity contribution in [3.63, 3.8) is 0 Å². The molecule has 108 valence electrons. The minimum Gasteiger partial charge on any atom is -0.370 e. The molecule has 1 rings (SSSR count). The predicted octanol–water partition coefficient (Wildman–Crippen LogP) is 1.15. The van der Waals surface area contributed by atoms with Crippen molar-refractivity contribution in [2.45, 2.75) is 25.2 Å². The number of sulfonamides is 1. The summed E-state index contributed by atoms with van der Waals surface area (Å²) < 4.78 is 23.3. The highest BCUT2D eigenvalue weighted by atomic mass is 32.2. The SMILES string of the molecule is CC(C)CN(CCCN)c1ccccc1S(N)(=O)=O. The number of rotatable bonds is 7. The van der Waals surface area contributed by atoms with Crippen LogP contribution < -0.4 is 15.8 Å². The van der Waals surface area contributed by atoms with Crippen molar-refractivity contribution < 1.29 is 8.42 Å². The Hall–Kier alpha value is -1.11. The van der Waals surface area contributed by atoms with Crippen LogP contribution in [0.25, 0.3) is 0 Å². The van der Waals surface area contributed by atoms with Crippen LogP contribution in [0, 0.1) is 5.92 Å². The number of nitrogens with two attached hydrogens (primary N) is 2. The molecule has 4 N–H and O–H groups in total. The molecule has 1 aromatic rings. The van der Waals surface area contributed by atoms with Gasteiger partial charge in [-0.1, -0.05) is 26.0 Å². The zero-order valence-electron chi connectivity index (χ0n) is 11.5. The second-order valence-corrected chi connectivity index (χ2v) is 6.52. The summed E-state index contributed by atoms with van der Waals surface area (Å²) in [6.07, 6.45) is 0.811. The van der Waals surface area contributed by atoms with Crippen molar-refractivity contribution in [1.29, 1.82) is 0 Å². The molecule has 1 aromatic carbocycles. The van der Waals surface area contributed by atoms with E-state index >= 15 is 0 Å². The van der Waals surface area contributed by atoms with Crippen molar-refractivity contribution in [3.05, 3.63) is 24.3 Å². The van der Waals surface area contributed by atoms with E-state index in [2.05, 4.69) is 13.8 Å². The third-order valence-corrected chi connectivity index (χ3v) is 3.69. The van der Waals surface area contributed by atoms with Gasteiger partial charge in [0, 0.05) is 13.1 Å². The van der Waals surface area contributed by atoms with E-state index in [0.717, 1.165) is 19.5 Å². The van der Waals surface area contributed by atoms with Gasteiger partial charge in [-0.05, 0) is 31.0 Å². The third kappa shape index (κ3) is 4.81. The maximum atomic E-state index is 11.6. The van der Waals surface area contributed by atoms with Crippen LogP contribution in [0.5, 0.6) is 0 Å². The van der Waals surface area contributed by atoms with E-state index in [1.807, 2.05) is 11.0 Å². The molecular formula is C13H23N3O2S. The normalized spacial score (nSPS) is 11.8. The maximum absolute atomic E-state index is 11.6. The fourth-order valence-corrected chi connectivity index (χ4v) is 2.75. The Morgan fingerprint density at radius 3 is 2.42 bits per heavy atom. The van der Waals surface area contributed by atoms with E-state index < -0.39 is 10.0 Å². The first kappa shape index (κ1) is 15.9. The van der Waals surface area contributed by atoms with E-state index in [1.165, 1.54) is 0 Å². The molecule has 0 aromatic heterocycles. The number of anilines is 1. The lowest BCUT2D eigenvalue weighted by molar-refractivity contribution is 0.587. The number of nitrogens with zero attached hydrogens (tertiary/aromatic N) is 1. The van der Waals surface area contributed by atoms with Gasteiger partial charge in [-0.3, -0.25) is 0 Å². The summed E-state index contributed by atoms with van der Waals surface area (Å²) in [5, 5.41) is 5.28. The minimum atomic E-state index is -3.71. The van der Waals surface area contributed by atoms with Crippen molar-refractivity contribution in [1.82, 2.24) is 0 Å². The van der Waals surface area contributed by atoms with Crippen LogP contribution >= 0.6 is 0 Å². The van der Waals surface area contributed by atoms with Crippen LogP contribution in [0.1, 0.15) is 20.3 Å². The number of hydrogen-bond donors (Lipinski definition) is 2. The second-order valence-electron chi connectivity index (χ2n) is 4.99. The number of para-hydroxylation sites is 1. The highest BCUT2D eigenvalue weighted by Gasteiger charge is 2.18. The summed E-state index contributed by atoms with van der Waals surface area (Å²) in [6.45, 7) is 6.25. The number of benzene rings is 1. The average molecular weight is 285 g/mol. The van der Waals surface area contributed by atoms with Gasteiger partial charge >= 0.3 is 0 Å². The maximum Gasteiger partial charge on any atom is 0.240 e. The molecule has 0 heterocycles. The molecule has 19 heavy (non-hydrogen) atoms. The second kappa shape index (κ2) is 6.88. The van der Waals surface area contributed by atoms with Crippen molar-refractivity contribution in [2.24, 2.45) is 16.8 Å². The molecule has 0 aliphatic rings. The van der Waals surface area contributed by atoms with Crippen LogP contribution in [-0.2, 0) is 10.0 Å². The Kier molecular flexibility index (Phi) is 5.78. The summed E-state index contributed by atoms with van der Waals surface area (Å²) >= 11 is 0. The largest absolute Gasteiger partial charge is 0.370 e. The standard InChI is InChI=1S/C13H23N3O2S/c1-11(2)10-16(9-5-8-14)12-6-3-4-7-13(12)19(15,17)18/h3-4,6-7,11H,5,8-10,14H2,1-2H3,(H2,15,17,18). The Bertz CT molecular complexity index is 500. The van der Waals surface area contributed by atoms with Gasteiger partial charge in [0.1, 0.15) is 4.90 Å². The van der Waals surface area contributed by atoms with Crippen LogP contribution in [0.4, 0.5) is 5.69 Å². The van der Waals surface area contributed by atoms with Crippen LogP contribution in [0.15, 0.2) is 29.2 Å².